The van der Waals surface area contributed by atoms with Gasteiger partial charge >= 0.3 is 0 Å². The van der Waals surface area contributed by atoms with Gasteiger partial charge in [0.15, 0.2) is 0 Å². The fourth-order valence-electron chi connectivity index (χ4n) is 1.76. The van der Waals surface area contributed by atoms with Gasteiger partial charge in [-0.15, -0.1) is 0 Å². The molecule has 0 amide bonds. The number of aromatic nitrogens is 1. The second-order valence-corrected chi connectivity index (χ2v) is 5.07. The van der Waals surface area contributed by atoms with E-state index < -0.39 is 0 Å². The Morgan fingerprint density at radius 2 is 2.00 bits per heavy atom. The highest BCUT2D eigenvalue weighted by molar-refractivity contribution is 6.42. The van der Waals surface area contributed by atoms with Crippen molar-refractivity contribution < 1.29 is 0 Å². The van der Waals surface area contributed by atoms with Crippen LogP contribution in [0.3, 0.4) is 0 Å². The Kier molecular flexibility index (Phi) is 4.23. The summed E-state index contributed by atoms with van der Waals surface area (Å²) >= 11 is 12.1. The third-order valence-electron chi connectivity index (χ3n) is 2.78. The predicted octanol–water partition coefficient (Wildman–Crippen LogP) is 3.94. The molecule has 2 nitrogen and oxygen atoms in total. The molecule has 1 atom stereocenters. The molecule has 1 aromatic heterocycles. The van der Waals surface area contributed by atoms with Gasteiger partial charge in [0.25, 0.3) is 0 Å². The number of hydrogen-bond acceptors (Lipinski definition) is 2. The second-order valence-electron chi connectivity index (χ2n) is 4.28. The topological polar surface area (TPSA) is 38.9 Å². The minimum atomic E-state index is -0.202. The van der Waals surface area contributed by atoms with Crippen molar-refractivity contribution in [2.45, 2.75) is 19.4 Å². The summed E-state index contributed by atoms with van der Waals surface area (Å²) in [6.07, 6.45) is 2.47. The van der Waals surface area contributed by atoms with Crippen LogP contribution in [0.2, 0.25) is 10.0 Å². The summed E-state index contributed by atoms with van der Waals surface area (Å²) in [5.41, 5.74) is 9.09. The van der Waals surface area contributed by atoms with Gasteiger partial charge in [0.2, 0.25) is 0 Å². The summed E-state index contributed by atoms with van der Waals surface area (Å²) in [5, 5.41) is 1.06. The van der Waals surface area contributed by atoms with E-state index >= 15 is 0 Å². The van der Waals surface area contributed by atoms with Crippen LogP contribution in [-0.2, 0) is 6.42 Å². The van der Waals surface area contributed by atoms with Gasteiger partial charge < -0.3 is 5.73 Å². The Balaban J connectivity index is 2.19. The van der Waals surface area contributed by atoms with Crippen LogP contribution in [0, 0.1) is 6.92 Å². The SMILES string of the molecule is Cc1ccc(CC(N)c2cccc(Cl)c2Cl)nc1. The lowest BCUT2D eigenvalue weighted by Gasteiger charge is -2.14. The van der Waals surface area contributed by atoms with Gasteiger partial charge in [0, 0.05) is 24.4 Å². The third kappa shape index (κ3) is 3.02. The van der Waals surface area contributed by atoms with Crippen molar-refractivity contribution in [3.8, 4) is 0 Å². The van der Waals surface area contributed by atoms with Crippen LogP contribution in [0.4, 0.5) is 0 Å². The smallest absolute Gasteiger partial charge is 0.0640 e. The number of nitrogens with two attached hydrogens (primary N) is 1. The van der Waals surface area contributed by atoms with Gasteiger partial charge in [-0.1, -0.05) is 41.4 Å². The molecular weight excluding hydrogens is 267 g/mol. The maximum Gasteiger partial charge on any atom is 0.0640 e. The lowest BCUT2D eigenvalue weighted by atomic mass is 10.0. The maximum atomic E-state index is 6.15. The summed E-state index contributed by atoms with van der Waals surface area (Å²) in [6, 6.07) is 9.30. The van der Waals surface area contributed by atoms with E-state index in [1.54, 1.807) is 6.07 Å². The Bertz CT molecular complexity index is 538. The van der Waals surface area contributed by atoms with Crippen LogP contribution in [0.15, 0.2) is 36.5 Å². The number of hydrogen-bond donors (Lipinski definition) is 1. The predicted molar refractivity (Wildman–Crippen MR) is 76.1 cm³/mol. The molecule has 0 radical (unpaired) electrons. The Morgan fingerprint density at radius 1 is 1.22 bits per heavy atom. The van der Waals surface area contributed by atoms with Crippen molar-refractivity contribution >= 4 is 23.2 Å². The summed E-state index contributed by atoms with van der Waals surface area (Å²) in [7, 11) is 0. The highest BCUT2D eigenvalue weighted by atomic mass is 35.5. The lowest BCUT2D eigenvalue weighted by Crippen LogP contribution is -2.14. The van der Waals surface area contributed by atoms with E-state index in [0.29, 0.717) is 16.5 Å². The largest absolute Gasteiger partial charge is 0.324 e. The summed E-state index contributed by atoms with van der Waals surface area (Å²) < 4.78 is 0. The van der Waals surface area contributed by atoms with E-state index in [0.717, 1.165) is 16.8 Å². The van der Waals surface area contributed by atoms with Gasteiger partial charge in [-0.2, -0.15) is 0 Å². The monoisotopic (exact) mass is 280 g/mol. The molecule has 2 rings (SSSR count). The molecule has 94 valence electrons. The van der Waals surface area contributed by atoms with E-state index in [2.05, 4.69) is 4.98 Å². The first-order chi connectivity index (χ1) is 8.58. The summed E-state index contributed by atoms with van der Waals surface area (Å²) in [5.74, 6) is 0. The lowest BCUT2D eigenvalue weighted by molar-refractivity contribution is 0.706. The molecule has 18 heavy (non-hydrogen) atoms. The molecular formula is C14H14Cl2N2. The van der Waals surface area contributed by atoms with Crippen molar-refractivity contribution in [2.24, 2.45) is 5.73 Å². The molecule has 1 aromatic carbocycles. The van der Waals surface area contributed by atoms with Gasteiger partial charge in [0.1, 0.15) is 0 Å². The minimum Gasteiger partial charge on any atom is -0.324 e. The molecule has 0 aliphatic rings. The molecule has 0 saturated carbocycles. The Labute approximate surface area is 117 Å². The molecule has 1 heterocycles. The summed E-state index contributed by atoms with van der Waals surface area (Å²) in [6.45, 7) is 2.00. The normalized spacial score (nSPS) is 12.4. The minimum absolute atomic E-state index is 0.202. The van der Waals surface area contributed by atoms with Crippen LogP contribution in [-0.4, -0.2) is 4.98 Å². The molecule has 0 spiro atoms. The van der Waals surface area contributed by atoms with Gasteiger partial charge in [-0.05, 0) is 30.2 Å². The van der Waals surface area contributed by atoms with E-state index in [1.807, 2.05) is 37.4 Å². The van der Waals surface area contributed by atoms with Gasteiger partial charge in [-0.25, -0.2) is 0 Å². The average Bonchev–Trinajstić information content (AvgIpc) is 2.35. The van der Waals surface area contributed by atoms with Crippen LogP contribution < -0.4 is 5.73 Å². The number of halogens is 2. The molecule has 1 unspecified atom stereocenters. The van der Waals surface area contributed by atoms with Crippen molar-refractivity contribution in [1.29, 1.82) is 0 Å². The standard InChI is InChI=1S/C14H14Cl2N2/c1-9-5-6-10(18-8-9)7-13(17)11-3-2-4-12(15)14(11)16/h2-6,8,13H,7,17H2,1H3. The molecule has 0 aliphatic heterocycles. The third-order valence-corrected chi connectivity index (χ3v) is 3.62. The van der Waals surface area contributed by atoms with E-state index in [4.69, 9.17) is 28.9 Å². The highest BCUT2D eigenvalue weighted by Crippen LogP contribution is 2.30. The zero-order valence-corrected chi connectivity index (χ0v) is 11.5. The van der Waals surface area contributed by atoms with E-state index in [9.17, 15) is 0 Å². The molecule has 0 bridgehead atoms. The number of pyridine rings is 1. The number of nitrogens with zero attached hydrogens (tertiary/aromatic N) is 1. The van der Waals surface area contributed by atoms with E-state index in [-0.39, 0.29) is 6.04 Å². The molecule has 0 aliphatic carbocycles. The first-order valence-electron chi connectivity index (χ1n) is 5.69. The van der Waals surface area contributed by atoms with Crippen molar-refractivity contribution in [3.63, 3.8) is 0 Å². The number of aryl methyl sites for hydroxylation is 1. The Hall–Kier alpha value is -1.09. The average molecular weight is 281 g/mol. The second kappa shape index (κ2) is 5.70. The van der Waals surface area contributed by atoms with Crippen LogP contribution in [0.1, 0.15) is 22.9 Å². The zero-order valence-electron chi connectivity index (χ0n) is 10.0. The first-order valence-corrected chi connectivity index (χ1v) is 6.44. The number of benzene rings is 1. The van der Waals surface area contributed by atoms with Crippen LogP contribution in [0.5, 0.6) is 0 Å². The van der Waals surface area contributed by atoms with Crippen molar-refractivity contribution in [1.82, 2.24) is 4.98 Å². The maximum absolute atomic E-state index is 6.15. The quantitative estimate of drug-likeness (QED) is 0.925. The van der Waals surface area contributed by atoms with E-state index in [1.165, 1.54) is 0 Å². The summed E-state index contributed by atoms with van der Waals surface area (Å²) in [4.78, 5) is 4.34. The molecule has 2 N–H and O–H groups in total. The molecule has 4 heteroatoms. The van der Waals surface area contributed by atoms with Crippen LogP contribution in [0.25, 0.3) is 0 Å². The molecule has 0 fully saturated rings. The Morgan fingerprint density at radius 3 is 2.67 bits per heavy atom. The first kappa shape index (κ1) is 13.3. The fourth-order valence-corrected chi connectivity index (χ4v) is 2.21. The fraction of sp³-hybridized carbons (Fsp3) is 0.214. The molecule has 2 aromatic rings. The number of rotatable bonds is 3. The highest BCUT2D eigenvalue weighted by Gasteiger charge is 2.13. The van der Waals surface area contributed by atoms with Gasteiger partial charge in [0.05, 0.1) is 10.0 Å². The van der Waals surface area contributed by atoms with Crippen molar-refractivity contribution in [2.75, 3.05) is 0 Å². The van der Waals surface area contributed by atoms with Crippen molar-refractivity contribution in [3.05, 3.63) is 63.4 Å². The van der Waals surface area contributed by atoms with Gasteiger partial charge in [-0.3, -0.25) is 4.98 Å². The van der Waals surface area contributed by atoms with Crippen LogP contribution >= 0.6 is 23.2 Å². The zero-order chi connectivity index (χ0) is 13.1. The molecule has 0 saturated heterocycles.